The van der Waals surface area contributed by atoms with Crippen LogP contribution < -0.4 is 4.74 Å². The van der Waals surface area contributed by atoms with Gasteiger partial charge < -0.3 is 14.9 Å². The molecule has 0 spiro atoms. The van der Waals surface area contributed by atoms with Crippen molar-refractivity contribution in [1.29, 1.82) is 0 Å². The number of rotatable bonds is 8. The highest BCUT2D eigenvalue weighted by atomic mass is 35.5. The number of aliphatic hydroxyl groups excluding tert-OH is 1. The van der Waals surface area contributed by atoms with Crippen LogP contribution in [0.5, 0.6) is 5.75 Å². The Balaban J connectivity index is 1.42. The maximum absolute atomic E-state index is 13.4. The number of hydrogen-bond acceptors (Lipinski definition) is 5. The van der Waals surface area contributed by atoms with Crippen molar-refractivity contribution < 1.29 is 28.5 Å². The molecule has 0 saturated carbocycles. The van der Waals surface area contributed by atoms with E-state index in [2.05, 4.69) is 21.7 Å². The molecule has 0 radical (unpaired) electrons. The molecule has 2 N–H and O–H groups in total. The number of benzene rings is 2. The first-order valence-electron chi connectivity index (χ1n) is 12.4. The third kappa shape index (κ3) is 6.98. The first-order valence-corrected chi connectivity index (χ1v) is 12.8. The second-order valence-electron chi connectivity index (χ2n) is 9.60. The number of nitrogens with zero attached hydrogens (tertiary/aromatic N) is 2. The van der Waals surface area contributed by atoms with Gasteiger partial charge in [-0.1, -0.05) is 23.4 Å². The van der Waals surface area contributed by atoms with Gasteiger partial charge in [-0.3, -0.25) is 14.7 Å². The fourth-order valence-electron chi connectivity index (χ4n) is 5.16. The third-order valence-corrected chi connectivity index (χ3v) is 7.32. The Morgan fingerprint density at radius 1 is 1.24 bits per heavy atom. The van der Waals surface area contributed by atoms with Gasteiger partial charge in [0, 0.05) is 41.7 Å². The summed E-state index contributed by atoms with van der Waals surface area (Å²) >= 11 is 6.44. The van der Waals surface area contributed by atoms with Crippen LogP contribution in [0.2, 0.25) is 5.02 Å². The predicted octanol–water partition coefficient (Wildman–Crippen LogP) is 5.45. The second kappa shape index (κ2) is 12.5. The summed E-state index contributed by atoms with van der Waals surface area (Å²) in [7, 11) is 1.57. The van der Waals surface area contributed by atoms with Crippen molar-refractivity contribution in [1.82, 2.24) is 9.88 Å². The highest BCUT2D eigenvalue weighted by molar-refractivity contribution is 6.32. The number of hydrogen-bond donors (Lipinski definition) is 2. The van der Waals surface area contributed by atoms with Crippen LogP contribution in [0.15, 0.2) is 42.6 Å². The summed E-state index contributed by atoms with van der Waals surface area (Å²) in [6.45, 7) is 1.61. The van der Waals surface area contributed by atoms with E-state index in [9.17, 15) is 23.8 Å². The average Bonchev–Trinajstić information content (AvgIpc) is 2.86. The van der Waals surface area contributed by atoms with Crippen LogP contribution in [0.4, 0.5) is 8.78 Å². The summed E-state index contributed by atoms with van der Waals surface area (Å²) in [5, 5.41) is 21.7. The average molecular weight is 543 g/mol. The third-order valence-electron chi connectivity index (χ3n) is 7.02. The minimum Gasteiger partial charge on any atom is -0.497 e. The number of carbonyl (C=O) groups is 1. The smallest absolute Gasteiger partial charge is 0.303 e. The monoisotopic (exact) mass is 542 g/mol. The van der Waals surface area contributed by atoms with Crippen LogP contribution in [-0.4, -0.2) is 52.8 Å². The number of aromatic nitrogens is 1. The van der Waals surface area contributed by atoms with Crippen molar-refractivity contribution in [2.24, 2.45) is 11.8 Å². The quantitative estimate of drug-likeness (QED) is 0.368. The topological polar surface area (TPSA) is 82.9 Å². The van der Waals surface area contributed by atoms with E-state index in [1.807, 2.05) is 6.07 Å². The number of carboxylic acids is 1. The first-order chi connectivity index (χ1) is 18.2. The molecule has 0 amide bonds. The molecule has 4 rings (SSSR count). The standard InChI is InChI=1S/C29H29ClF2N2O4/c1-38-23-5-6-26-24(15-23)29(25(30)16-33-26)27(35)7-4-19-8-10-34(17-20(19)13-28(36)37)9-2-3-18-11-21(31)14-22(32)12-18/h5-6,11-12,14-16,19-20,27,35H,4,7-10,13,17H2,1H3,(H,36,37)/t19?,20?,27-/m1/s1. The molecule has 9 heteroatoms. The molecule has 1 aliphatic heterocycles. The minimum absolute atomic E-state index is 0.00986. The normalized spacial score (nSPS) is 18.6. The Morgan fingerprint density at radius 3 is 2.71 bits per heavy atom. The van der Waals surface area contributed by atoms with E-state index in [1.54, 1.807) is 19.2 Å². The van der Waals surface area contributed by atoms with E-state index in [-0.39, 0.29) is 23.8 Å². The fourth-order valence-corrected chi connectivity index (χ4v) is 5.44. The highest BCUT2D eigenvalue weighted by Gasteiger charge is 2.31. The molecule has 0 aliphatic carbocycles. The van der Waals surface area contributed by atoms with Crippen molar-refractivity contribution in [3.8, 4) is 17.6 Å². The van der Waals surface area contributed by atoms with Crippen LogP contribution in [0.3, 0.4) is 0 Å². The Labute approximate surface area is 225 Å². The van der Waals surface area contributed by atoms with Crippen molar-refractivity contribution in [2.45, 2.75) is 31.8 Å². The zero-order valence-corrected chi connectivity index (χ0v) is 21.7. The Bertz CT molecular complexity index is 1350. The van der Waals surface area contributed by atoms with Crippen molar-refractivity contribution >= 4 is 28.5 Å². The van der Waals surface area contributed by atoms with Gasteiger partial charge in [-0.25, -0.2) is 8.78 Å². The summed E-state index contributed by atoms with van der Waals surface area (Å²) < 4.78 is 32.1. The van der Waals surface area contributed by atoms with Crippen molar-refractivity contribution in [3.63, 3.8) is 0 Å². The number of piperidine rings is 1. The molecule has 0 bridgehead atoms. The van der Waals surface area contributed by atoms with E-state index >= 15 is 0 Å². The van der Waals surface area contributed by atoms with E-state index in [0.29, 0.717) is 54.3 Å². The van der Waals surface area contributed by atoms with Gasteiger partial charge in [-0.15, -0.1) is 0 Å². The van der Waals surface area contributed by atoms with Gasteiger partial charge in [0.25, 0.3) is 0 Å². The maximum Gasteiger partial charge on any atom is 0.303 e. The SMILES string of the molecule is COc1ccc2ncc(Cl)c([C@H](O)CCC3CCN(CC#Cc4cc(F)cc(F)c4)CC3CC(=O)O)c2c1. The molecular weight excluding hydrogens is 514 g/mol. The number of aliphatic hydroxyl groups is 1. The van der Waals surface area contributed by atoms with E-state index in [0.717, 1.165) is 17.9 Å². The summed E-state index contributed by atoms with van der Waals surface area (Å²) in [6, 6.07) is 8.56. The fraction of sp³-hybridized carbons (Fsp3) is 0.379. The van der Waals surface area contributed by atoms with Gasteiger partial charge >= 0.3 is 5.97 Å². The summed E-state index contributed by atoms with van der Waals surface area (Å²) in [6.07, 6.45) is 2.49. The molecule has 2 aromatic carbocycles. The lowest BCUT2D eigenvalue weighted by Gasteiger charge is -2.37. The van der Waals surface area contributed by atoms with Gasteiger partial charge in [0.15, 0.2) is 0 Å². The molecular formula is C29H29ClF2N2O4. The number of aliphatic carboxylic acids is 1. The maximum atomic E-state index is 13.4. The van der Waals surface area contributed by atoms with Gasteiger partial charge in [0.1, 0.15) is 17.4 Å². The Morgan fingerprint density at radius 2 is 2.00 bits per heavy atom. The number of carboxylic acid groups (broad SMARTS) is 1. The number of likely N-dealkylation sites (tertiary alicyclic amines) is 1. The zero-order chi connectivity index (χ0) is 27.2. The molecule has 3 atom stereocenters. The lowest BCUT2D eigenvalue weighted by atomic mass is 9.79. The number of fused-ring (bicyclic) bond motifs is 1. The second-order valence-corrected chi connectivity index (χ2v) is 10.0. The van der Waals surface area contributed by atoms with Crippen LogP contribution in [-0.2, 0) is 4.79 Å². The number of ether oxygens (including phenoxy) is 1. The summed E-state index contributed by atoms with van der Waals surface area (Å²) in [5.41, 5.74) is 1.55. The molecule has 2 unspecified atom stereocenters. The summed E-state index contributed by atoms with van der Waals surface area (Å²) in [4.78, 5) is 18.0. The Hall–Kier alpha value is -3.25. The van der Waals surface area contributed by atoms with E-state index < -0.39 is 23.7 Å². The number of methoxy groups -OCH3 is 1. The van der Waals surface area contributed by atoms with Crippen LogP contribution in [0.25, 0.3) is 10.9 Å². The van der Waals surface area contributed by atoms with Crippen molar-refractivity contribution in [2.75, 3.05) is 26.7 Å². The lowest BCUT2D eigenvalue weighted by molar-refractivity contribution is -0.139. The number of pyridine rings is 1. The summed E-state index contributed by atoms with van der Waals surface area (Å²) in [5.74, 6) is 4.10. The molecule has 38 heavy (non-hydrogen) atoms. The van der Waals surface area contributed by atoms with Gasteiger partial charge in [0.2, 0.25) is 0 Å². The highest BCUT2D eigenvalue weighted by Crippen LogP contribution is 2.37. The molecule has 1 saturated heterocycles. The predicted molar refractivity (Wildman–Crippen MR) is 141 cm³/mol. The number of halogens is 3. The molecule has 1 fully saturated rings. The lowest BCUT2D eigenvalue weighted by Crippen LogP contribution is -2.41. The molecule has 1 aromatic heterocycles. The van der Waals surface area contributed by atoms with Gasteiger partial charge in [-0.2, -0.15) is 0 Å². The van der Waals surface area contributed by atoms with E-state index in [1.165, 1.54) is 18.3 Å². The molecule has 1 aliphatic rings. The largest absolute Gasteiger partial charge is 0.497 e. The zero-order valence-electron chi connectivity index (χ0n) is 21.0. The van der Waals surface area contributed by atoms with E-state index in [4.69, 9.17) is 16.3 Å². The van der Waals surface area contributed by atoms with Crippen molar-refractivity contribution in [3.05, 3.63) is 70.4 Å². The molecule has 2 heterocycles. The van der Waals surface area contributed by atoms with Gasteiger partial charge in [0.05, 0.1) is 30.3 Å². The van der Waals surface area contributed by atoms with Crippen LogP contribution in [0, 0.1) is 35.3 Å². The minimum atomic E-state index is -0.876. The molecule has 6 nitrogen and oxygen atoms in total. The Kier molecular flexibility index (Phi) is 9.16. The molecule has 3 aromatic rings. The van der Waals surface area contributed by atoms with Crippen LogP contribution in [0.1, 0.15) is 42.9 Å². The van der Waals surface area contributed by atoms with Crippen LogP contribution >= 0.6 is 11.6 Å². The molecule has 200 valence electrons. The first kappa shape index (κ1) is 27.8. The van der Waals surface area contributed by atoms with Gasteiger partial charge in [-0.05, 0) is 68.0 Å².